The van der Waals surface area contributed by atoms with Crippen LogP contribution in [-0.2, 0) is 18.9 Å². The van der Waals surface area contributed by atoms with E-state index in [1.54, 1.807) is 13.2 Å². The molecule has 12 atom stereocenters. The zero-order valence-electron chi connectivity index (χ0n) is 24.8. The van der Waals surface area contributed by atoms with Gasteiger partial charge in [0.2, 0.25) is 0 Å². The molecule has 2 aliphatic rings. The highest BCUT2D eigenvalue weighted by atomic mass is 32.0. The van der Waals surface area contributed by atoms with E-state index >= 15 is 0 Å². The molecule has 2 saturated heterocycles. The molecule has 9 heteroatoms. The maximum Gasteiger partial charge on any atom is 0.184 e. The number of rotatable bonds is 9. The van der Waals surface area contributed by atoms with Crippen LogP contribution in [0.25, 0.3) is 0 Å². The summed E-state index contributed by atoms with van der Waals surface area (Å²) in [7, 11) is 4.07. The highest BCUT2D eigenvalue weighted by Crippen LogP contribution is 2.49. The highest BCUT2D eigenvalue weighted by molar-refractivity contribution is 8.13. The number of hydrogen-bond donors (Lipinski definition) is 2. The van der Waals surface area contributed by atoms with E-state index in [0.29, 0.717) is 19.1 Å². The Bertz CT molecular complexity index is 879. The molecule has 2 N–H and O–H groups in total. The molecule has 0 aromatic heterocycles. The van der Waals surface area contributed by atoms with E-state index in [9.17, 15) is 10.2 Å². The molecule has 222 valence electrons. The van der Waals surface area contributed by atoms with Gasteiger partial charge in [-0.15, -0.1) is 8.93 Å². The second-order valence-corrected chi connectivity index (χ2v) is 14.8. The van der Waals surface area contributed by atoms with Crippen LogP contribution < -0.4 is 4.74 Å². The lowest BCUT2D eigenvalue weighted by Gasteiger charge is -2.40. The highest BCUT2D eigenvalue weighted by Gasteiger charge is 2.37. The fourth-order valence-electron chi connectivity index (χ4n) is 4.85. The van der Waals surface area contributed by atoms with Crippen LogP contribution in [-0.4, -0.2) is 67.6 Å². The third kappa shape index (κ3) is 10.2. The molecule has 7 nitrogen and oxygen atoms in total. The van der Waals surface area contributed by atoms with Gasteiger partial charge in [0.1, 0.15) is 5.75 Å². The van der Waals surface area contributed by atoms with Gasteiger partial charge < -0.3 is 33.9 Å². The summed E-state index contributed by atoms with van der Waals surface area (Å²) in [6.07, 6.45) is 6.03. The number of ether oxygens (including phenoxy) is 5. The van der Waals surface area contributed by atoms with Crippen molar-refractivity contribution in [3.05, 3.63) is 54.1 Å². The smallest absolute Gasteiger partial charge is 0.184 e. The number of methoxy groups -OCH3 is 1. The molecule has 1 aromatic rings. The Hall–Kier alpha value is -0.880. The molecule has 3 rings (SSSR count). The van der Waals surface area contributed by atoms with E-state index in [0.717, 1.165) is 11.3 Å². The van der Waals surface area contributed by atoms with Gasteiger partial charge in [0.05, 0.1) is 44.7 Å². The van der Waals surface area contributed by atoms with E-state index in [2.05, 4.69) is 29.4 Å². The van der Waals surface area contributed by atoms with Crippen molar-refractivity contribution in [2.24, 2.45) is 23.7 Å². The minimum atomic E-state index is -0.507. The fraction of sp³-hybridized carbons (Fsp3) is 0.667. The lowest BCUT2D eigenvalue weighted by Crippen LogP contribution is -2.44. The average molecular weight is 585 g/mol. The lowest BCUT2D eigenvalue weighted by molar-refractivity contribution is -0.254. The van der Waals surface area contributed by atoms with Gasteiger partial charge in [0.25, 0.3) is 0 Å². The topological polar surface area (TPSA) is 86.6 Å². The summed E-state index contributed by atoms with van der Waals surface area (Å²) in [5.41, 5.74) is 0.963. The number of hydrogen-bond acceptors (Lipinski definition) is 7. The Labute approximate surface area is 239 Å². The molecule has 0 spiro atoms. The Morgan fingerprint density at radius 2 is 1.38 bits per heavy atom. The molecule has 0 radical (unpaired) electrons. The van der Waals surface area contributed by atoms with Crippen LogP contribution in [0.3, 0.4) is 0 Å². The Balaban J connectivity index is 0.000000283. The van der Waals surface area contributed by atoms with Crippen molar-refractivity contribution >= 4 is 16.5 Å². The maximum atomic E-state index is 10.2. The minimum absolute atomic E-state index is 0.0100. The monoisotopic (exact) mass is 584 g/mol. The predicted octanol–water partition coefficient (Wildman–Crippen LogP) is 6.11. The summed E-state index contributed by atoms with van der Waals surface area (Å²) in [5, 5.41) is 20.2. The summed E-state index contributed by atoms with van der Waals surface area (Å²) in [6.45, 7) is 15.5. The van der Waals surface area contributed by atoms with E-state index in [4.69, 9.17) is 23.7 Å². The van der Waals surface area contributed by atoms with Crippen molar-refractivity contribution in [3.63, 3.8) is 0 Å². The molecular formula is C30H50O7P2. The van der Waals surface area contributed by atoms with Crippen molar-refractivity contribution in [2.45, 2.75) is 78.3 Å². The van der Waals surface area contributed by atoms with E-state index in [1.807, 2.05) is 70.2 Å². The van der Waals surface area contributed by atoms with Crippen molar-refractivity contribution < 1.29 is 33.9 Å². The van der Waals surface area contributed by atoms with Crippen molar-refractivity contribution in [3.8, 4) is 5.75 Å². The van der Waals surface area contributed by atoms with Gasteiger partial charge in [-0.05, 0) is 40.3 Å². The number of aliphatic hydroxyl groups is 2. The van der Waals surface area contributed by atoms with Crippen LogP contribution in [0.4, 0.5) is 0 Å². The van der Waals surface area contributed by atoms with Crippen LogP contribution in [0.15, 0.2) is 48.6 Å². The Morgan fingerprint density at radius 3 is 1.85 bits per heavy atom. The summed E-state index contributed by atoms with van der Waals surface area (Å²) in [4.78, 5) is 0. The summed E-state index contributed by atoms with van der Waals surface area (Å²) < 4.78 is 28.7. The number of allylic oxidation sites excluding steroid dienone is 2. The van der Waals surface area contributed by atoms with Gasteiger partial charge in [0.15, 0.2) is 12.3 Å². The van der Waals surface area contributed by atoms with Crippen LogP contribution in [0, 0.1) is 23.7 Å². The quantitative estimate of drug-likeness (QED) is 0.267. The Kier molecular flexibility index (Phi) is 15.1. The fourth-order valence-corrected chi connectivity index (χ4v) is 5.98. The molecule has 2 aliphatic heterocycles. The van der Waals surface area contributed by atoms with Crippen LogP contribution in [0.5, 0.6) is 5.75 Å². The SMILES string of the molecule is C/C=C/[C@@H](O)[C@H](C)[C@H]1OC(P(C)P)OC[C@@H]1C.C/C=C/[C@@H](O)[C@H](C)[C@H]1OC(c2ccc(OC)cc2)OC[C@@H]1C. The first-order chi connectivity index (χ1) is 18.5. The average Bonchev–Trinajstić information content (AvgIpc) is 2.93. The van der Waals surface area contributed by atoms with Gasteiger partial charge in [0, 0.05) is 29.2 Å². The predicted molar refractivity (Wildman–Crippen MR) is 162 cm³/mol. The van der Waals surface area contributed by atoms with E-state index in [-0.39, 0.29) is 43.6 Å². The molecule has 39 heavy (non-hydrogen) atoms. The van der Waals surface area contributed by atoms with Gasteiger partial charge in [-0.2, -0.15) is 0 Å². The molecule has 0 bridgehead atoms. The van der Waals surface area contributed by atoms with Crippen molar-refractivity contribution in [1.29, 1.82) is 0 Å². The largest absolute Gasteiger partial charge is 0.497 e. The standard InChI is InChI=1S/C18H26O4.C12H24O3P2/c1-5-6-16(19)13(3)17-12(2)11-21-18(22-17)14-7-9-15(20-4)10-8-14;1-5-6-10(13)9(3)11-8(2)7-14-12(15-11)17(4)16/h5-10,12-13,16-19H,11H2,1-4H3;5-6,8-13H,7,16H2,1-4H3/b2*6-5+/t12-,13-,16+,17-,18?;8-,9-,10+,11-,12?,17?/m00/s1. The summed E-state index contributed by atoms with van der Waals surface area (Å²) in [6, 6.07) is 7.57. The van der Waals surface area contributed by atoms with Crippen molar-refractivity contribution in [1.82, 2.24) is 0 Å². The molecule has 2 heterocycles. The molecule has 1 aromatic carbocycles. The van der Waals surface area contributed by atoms with E-state index in [1.165, 1.54) is 0 Å². The first-order valence-electron chi connectivity index (χ1n) is 13.8. The number of benzene rings is 1. The van der Waals surface area contributed by atoms with Crippen LogP contribution >= 0.6 is 16.5 Å². The zero-order chi connectivity index (χ0) is 29.1. The third-order valence-electron chi connectivity index (χ3n) is 7.30. The van der Waals surface area contributed by atoms with Crippen LogP contribution in [0.1, 0.15) is 53.4 Å². The lowest BCUT2D eigenvalue weighted by atomic mass is 9.88. The van der Waals surface area contributed by atoms with Gasteiger partial charge in [-0.25, -0.2) is 0 Å². The molecule has 4 unspecified atom stereocenters. The molecule has 0 saturated carbocycles. The van der Waals surface area contributed by atoms with Crippen LogP contribution in [0.2, 0.25) is 0 Å². The van der Waals surface area contributed by atoms with Gasteiger partial charge in [-0.3, -0.25) is 0 Å². The zero-order valence-corrected chi connectivity index (χ0v) is 26.8. The first kappa shape index (κ1) is 34.3. The van der Waals surface area contributed by atoms with Gasteiger partial charge >= 0.3 is 0 Å². The Morgan fingerprint density at radius 1 is 0.897 bits per heavy atom. The normalized spacial score (nSPS) is 31.7. The maximum absolute atomic E-state index is 10.2. The first-order valence-corrected chi connectivity index (χ1v) is 17.3. The third-order valence-corrected chi connectivity index (χ3v) is 8.97. The number of aliphatic hydroxyl groups excluding tert-OH is 2. The second-order valence-electron chi connectivity index (χ2n) is 10.7. The molecular weight excluding hydrogens is 534 g/mol. The second kappa shape index (κ2) is 17.2. The molecule has 0 aliphatic carbocycles. The summed E-state index contributed by atoms with van der Waals surface area (Å²) in [5.74, 6) is 1.47. The molecule has 0 amide bonds. The van der Waals surface area contributed by atoms with Gasteiger partial charge in [-0.1, -0.05) is 64.1 Å². The molecule has 2 fully saturated rings. The summed E-state index contributed by atoms with van der Waals surface area (Å²) >= 11 is 0. The van der Waals surface area contributed by atoms with E-state index < -0.39 is 18.5 Å². The van der Waals surface area contributed by atoms with Crippen molar-refractivity contribution in [2.75, 3.05) is 27.0 Å². The minimum Gasteiger partial charge on any atom is -0.497 e.